The van der Waals surface area contributed by atoms with Crippen molar-refractivity contribution in [2.75, 3.05) is 23.7 Å². The maximum Gasteiger partial charge on any atom is 0.203 e. The molecule has 0 unspecified atom stereocenters. The van der Waals surface area contributed by atoms with E-state index in [1.807, 2.05) is 20.1 Å². The third-order valence-electron chi connectivity index (χ3n) is 4.26. The Kier molecular flexibility index (Phi) is 12.8. The van der Waals surface area contributed by atoms with Crippen LogP contribution in [0.25, 0.3) is 0 Å². The van der Waals surface area contributed by atoms with Gasteiger partial charge < -0.3 is 4.90 Å². The van der Waals surface area contributed by atoms with E-state index < -0.39 is 0 Å². The van der Waals surface area contributed by atoms with Crippen LogP contribution in [0.4, 0.5) is 5.69 Å². The molecule has 0 aliphatic carbocycles. The van der Waals surface area contributed by atoms with Gasteiger partial charge in [-0.25, -0.2) is 0 Å². The largest absolute Gasteiger partial charge is 0.372 e. The fraction of sp³-hybridized carbons (Fsp3) is 0.522. The van der Waals surface area contributed by atoms with Gasteiger partial charge in [-0.2, -0.15) is 10.2 Å². The Hall–Kier alpha value is -2.08. The molecule has 0 aliphatic rings. The highest BCUT2D eigenvalue weighted by Crippen LogP contribution is 2.15. The van der Waals surface area contributed by atoms with Gasteiger partial charge in [0.2, 0.25) is 5.17 Å². The van der Waals surface area contributed by atoms with E-state index >= 15 is 0 Å². The topological polar surface area (TPSA) is 52.4 Å². The summed E-state index contributed by atoms with van der Waals surface area (Å²) in [5.41, 5.74) is 7.08. The summed E-state index contributed by atoms with van der Waals surface area (Å²) in [7, 11) is 0. The average Bonchev–Trinajstić information content (AvgIpc) is 2.71. The van der Waals surface area contributed by atoms with E-state index in [-0.39, 0.29) is 0 Å². The maximum atomic E-state index is 4.36. The molecule has 0 aromatic heterocycles. The number of nitrogens with one attached hydrogen (secondary N) is 1. The van der Waals surface area contributed by atoms with Crippen molar-refractivity contribution >= 4 is 34.5 Å². The molecule has 0 amide bonds. The van der Waals surface area contributed by atoms with Crippen LogP contribution in [0.1, 0.15) is 65.9 Å². The summed E-state index contributed by atoms with van der Waals surface area (Å²) < 4.78 is 0. The Morgan fingerprint density at radius 3 is 2.24 bits per heavy atom. The zero-order valence-corrected chi connectivity index (χ0v) is 19.6. The Morgan fingerprint density at radius 1 is 1.03 bits per heavy atom. The molecule has 1 aromatic carbocycles. The summed E-state index contributed by atoms with van der Waals surface area (Å²) in [6.45, 7) is 16.5. The molecular weight excluding hydrogens is 378 g/mol. The molecule has 0 radical (unpaired) electrons. The van der Waals surface area contributed by atoms with Crippen molar-refractivity contribution in [3.05, 3.63) is 42.0 Å². The first kappa shape index (κ1) is 25.0. The van der Waals surface area contributed by atoms with Crippen molar-refractivity contribution in [1.82, 2.24) is 5.43 Å². The summed E-state index contributed by atoms with van der Waals surface area (Å²) in [6, 6.07) is 8.53. The van der Waals surface area contributed by atoms with Crippen molar-refractivity contribution in [1.29, 1.82) is 0 Å². The van der Waals surface area contributed by atoms with Crippen LogP contribution in [-0.4, -0.2) is 35.9 Å². The van der Waals surface area contributed by atoms with Gasteiger partial charge in [-0.3, -0.25) is 5.43 Å². The normalized spacial score (nSPS) is 12.4. The minimum Gasteiger partial charge on any atom is -0.372 e. The second kappa shape index (κ2) is 14.9. The zero-order valence-electron chi connectivity index (χ0n) is 18.7. The predicted octanol–water partition coefficient (Wildman–Crippen LogP) is 6.08. The van der Waals surface area contributed by atoms with Crippen molar-refractivity contribution < 1.29 is 0 Å². The number of amidine groups is 1. The minimum atomic E-state index is 0.698. The van der Waals surface area contributed by atoms with Gasteiger partial charge in [0, 0.05) is 24.5 Å². The highest BCUT2D eigenvalue weighted by Gasteiger charge is 2.04. The predicted molar refractivity (Wildman–Crippen MR) is 133 cm³/mol. The van der Waals surface area contributed by atoms with E-state index in [0.717, 1.165) is 61.4 Å². The molecule has 6 heteroatoms. The number of rotatable bonds is 12. The molecule has 1 aromatic rings. The van der Waals surface area contributed by atoms with Crippen molar-refractivity contribution in [3.8, 4) is 0 Å². The molecule has 0 aliphatic heterocycles. The summed E-state index contributed by atoms with van der Waals surface area (Å²) >= 11 is 1.63. The van der Waals surface area contributed by atoms with Crippen molar-refractivity contribution in [2.24, 2.45) is 15.3 Å². The lowest BCUT2D eigenvalue weighted by molar-refractivity contribution is 0.745. The van der Waals surface area contributed by atoms with Crippen LogP contribution in [0, 0.1) is 0 Å². The summed E-state index contributed by atoms with van der Waals surface area (Å²) in [6.07, 6.45) is 6.40. The number of nitrogens with zero attached hydrogens (tertiary/aromatic N) is 4. The van der Waals surface area contributed by atoms with E-state index in [9.17, 15) is 0 Å². The van der Waals surface area contributed by atoms with Gasteiger partial charge in [0.05, 0.1) is 11.9 Å². The van der Waals surface area contributed by atoms with Gasteiger partial charge >= 0.3 is 0 Å². The Balaban J connectivity index is 2.78. The van der Waals surface area contributed by atoms with Gasteiger partial charge in [-0.15, -0.1) is 5.10 Å². The number of hydrazone groups is 1. The van der Waals surface area contributed by atoms with Crippen molar-refractivity contribution in [2.45, 2.75) is 60.3 Å². The number of hydrogen-bond donors (Lipinski definition) is 1. The molecular formula is C23H37N5S. The van der Waals surface area contributed by atoms with Crippen LogP contribution in [0.3, 0.4) is 0 Å². The first-order chi connectivity index (χ1) is 14.0. The number of anilines is 1. The second-order valence-corrected chi connectivity index (χ2v) is 8.11. The number of unbranched alkanes of at least 4 members (excludes halogenated alkanes) is 1. The highest BCUT2D eigenvalue weighted by atomic mass is 32.2. The van der Waals surface area contributed by atoms with Crippen molar-refractivity contribution in [3.63, 3.8) is 0 Å². The Morgan fingerprint density at radius 2 is 1.69 bits per heavy atom. The molecule has 160 valence electrons. The molecule has 5 nitrogen and oxygen atoms in total. The zero-order chi connectivity index (χ0) is 21.5. The minimum absolute atomic E-state index is 0.698. The van der Waals surface area contributed by atoms with E-state index in [0.29, 0.717) is 5.17 Å². The number of hydrogen-bond acceptors (Lipinski definition) is 5. The molecule has 1 rings (SSSR count). The van der Waals surface area contributed by atoms with Crippen LogP contribution in [-0.2, 0) is 0 Å². The van der Waals surface area contributed by atoms with Gasteiger partial charge in [0.15, 0.2) is 0 Å². The molecule has 0 spiro atoms. The van der Waals surface area contributed by atoms with Crippen LogP contribution < -0.4 is 10.3 Å². The number of allylic oxidation sites excluding steroid dienone is 1. The number of thioether (sulfide) groups is 1. The third-order valence-corrected chi connectivity index (χ3v) is 5.20. The lowest BCUT2D eigenvalue weighted by Gasteiger charge is -2.23. The number of benzene rings is 1. The highest BCUT2D eigenvalue weighted by molar-refractivity contribution is 8.13. The first-order valence-electron chi connectivity index (χ1n) is 10.6. The van der Waals surface area contributed by atoms with Gasteiger partial charge in [-0.1, -0.05) is 57.7 Å². The standard InChI is InChI=1S/C23H37N5S/c1-7-10-17-29-23(27-25-20(6)19(4)5)26-24-18-21-11-13-22(14-12-21)28(15-8-2)16-9-3/h11-14,18H,4,7-10,15-17H2,1-3,5-6H3,(H,26,27)/b24-18+,25-20+. The maximum absolute atomic E-state index is 4.36. The summed E-state index contributed by atoms with van der Waals surface area (Å²) in [4.78, 5) is 2.43. The fourth-order valence-corrected chi connectivity index (χ4v) is 3.29. The summed E-state index contributed by atoms with van der Waals surface area (Å²) in [5.74, 6) is 0.985. The van der Waals surface area contributed by atoms with E-state index in [1.165, 1.54) is 5.69 Å². The van der Waals surface area contributed by atoms with Gasteiger partial charge in [0.1, 0.15) is 0 Å². The molecule has 1 N–H and O–H groups in total. The van der Waals surface area contributed by atoms with Gasteiger partial charge in [0.25, 0.3) is 0 Å². The van der Waals surface area contributed by atoms with Crippen LogP contribution in [0.2, 0.25) is 0 Å². The van der Waals surface area contributed by atoms with Crippen LogP contribution in [0.5, 0.6) is 0 Å². The lowest BCUT2D eigenvalue weighted by Crippen LogP contribution is -2.24. The second-order valence-electron chi connectivity index (χ2n) is 7.02. The SMILES string of the molecule is C=C(C)/C(C)=N/N=C(/N/N=C/c1ccc(N(CCC)CCC)cc1)SCCCC. The molecule has 0 saturated carbocycles. The van der Waals surface area contributed by atoms with E-state index in [1.54, 1.807) is 11.8 Å². The molecule has 0 heterocycles. The average molecular weight is 416 g/mol. The van der Waals surface area contributed by atoms with E-state index in [4.69, 9.17) is 0 Å². The van der Waals surface area contributed by atoms with Gasteiger partial charge in [-0.05, 0) is 56.4 Å². The van der Waals surface area contributed by atoms with Crippen LogP contribution >= 0.6 is 11.8 Å². The Bertz CT molecular complexity index is 686. The molecule has 0 bridgehead atoms. The smallest absolute Gasteiger partial charge is 0.203 e. The van der Waals surface area contributed by atoms with E-state index in [2.05, 4.69) is 77.2 Å². The quantitative estimate of drug-likeness (QED) is 0.195. The Labute approximate surface area is 181 Å². The third kappa shape index (κ3) is 10.3. The monoisotopic (exact) mass is 415 g/mol. The molecule has 0 atom stereocenters. The summed E-state index contributed by atoms with van der Waals surface area (Å²) in [5, 5.41) is 13.6. The van der Waals surface area contributed by atoms with Crippen LogP contribution in [0.15, 0.2) is 51.7 Å². The first-order valence-corrected chi connectivity index (χ1v) is 11.5. The molecule has 29 heavy (non-hydrogen) atoms. The molecule has 0 saturated heterocycles. The molecule has 0 fully saturated rings. The lowest BCUT2D eigenvalue weighted by atomic mass is 10.2. The fourth-order valence-electron chi connectivity index (χ4n) is 2.45.